The van der Waals surface area contributed by atoms with E-state index in [1.807, 2.05) is 6.07 Å². The normalized spacial score (nSPS) is 21.5. The molecule has 0 spiro atoms. The molecule has 0 bridgehead atoms. The molecule has 0 amide bonds. The molecule has 2 aromatic rings. The van der Waals surface area contributed by atoms with Crippen LogP contribution in [0, 0.1) is 11.6 Å². The highest BCUT2D eigenvalue weighted by atomic mass is 19.2. The van der Waals surface area contributed by atoms with E-state index in [-0.39, 0.29) is 0 Å². The molecule has 2 aromatic carbocycles. The number of halogens is 2. The van der Waals surface area contributed by atoms with Crippen molar-refractivity contribution < 1.29 is 8.78 Å². The monoisotopic (exact) mass is 273 g/mol. The molecule has 104 valence electrons. The van der Waals surface area contributed by atoms with Gasteiger partial charge in [-0.05, 0) is 42.0 Å². The van der Waals surface area contributed by atoms with E-state index >= 15 is 0 Å². The molecule has 1 fully saturated rings. The third kappa shape index (κ3) is 2.88. The van der Waals surface area contributed by atoms with Gasteiger partial charge in [0.2, 0.25) is 0 Å². The minimum absolute atomic E-state index is 0.466. The first-order valence-electron chi connectivity index (χ1n) is 6.94. The van der Waals surface area contributed by atoms with Gasteiger partial charge in [0.15, 0.2) is 11.6 Å². The molecule has 3 rings (SSSR count). The van der Waals surface area contributed by atoms with E-state index < -0.39 is 11.6 Å². The minimum Gasteiger partial charge on any atom is -0.310 e. The smallest absolute Gasteiger partial charge is 0.159 e. The third-order valence-corrected chi connectivity index (χ3v) is 3.99. The summed E-state index contributed by atoms with van der Waals surface area (Å²) in [5.41, 5.74) is 2.17. The summed E-state index contributed by atoms with van der Waals surface area (Å²) in [5.74, 6) is -0.944. The van der Waals surface area contributed by atoms with Crippen LogP contribution in [0.2, 0.25) is 0 Å². The van der Waals surface area contributed by atoms with E-state index in [4.69, 9.17) is 0 Å². The van der Waals surface area contributed by atoms with Crippen LogP contribution in [0.4, 0.5) is 8.78 Å². The van der Waals surface area contributed by atoms with Crippen LogP contribution in [0.1, 0.15) is 29.9 Å². The lowest BCUT2D eigenvalue weighted by Gasteiger charge is -2.36. The van der Waals surface area contributed by atoms with Crippen LogP contribution in [0.5, 0.6) is 0 Å². The molecule has 0 aromatic heterocycles. The number of nitrogens with one attached hydrogen (secondary N) is 1. The van der Waals surface area contributed by atoms with Crippen LogP contribution >= 0.6 is 0 Å². The van der Waals surface area contributed by atoms with Gasteiger partial charge in [-0.3, -0.25) is 0 Å². The first-order chi connectivity index (χ1) is 9.72. The fourth-order valence-corrected chi connectivity index (χ4v) is 2.69. The Morgan fingerprint density at radius 2 is 1.70 bits per heavy atom. The molecule has 1 aliphatic rings. The Bertz CT molecular complexity index is 577. The van der Waals surface area contributed by atoms with Crippen molar-refractivity contribution in [3.63, 3.8) is 0 Å². The van der Waals surface area contributed by atoms with Gasteiger partial charge in [-0.2, -0.15) is 0 Å². The van der Waals surface area contributed by atoms with Gasteiger partial charge in [0.25, 0.3) is 0 Å². The molecular weight excluding hydrogens is 256 g/mol. The summed E-state index contributed by atoms with van der Waals surface area (Å²) in [7, 11) is 0. The largest absolute Gasteiger partial charge is 0.310 e. The molecular formula is C17H17F2N. The summed E-state index contributed by atoms with van der Waals surface area (Å²) in [6, 6.07) is 15.0. The predicted molar refractivity (Wildman–Crippen MR) is 75.4 cm³/mol. The zero-order chi connectivity index (χ0) is 13.9. The lowest BCUT2D eigenvalue weighted by Crippen LogP contribution is -2.39. The van der Waals surface area contributed by atoms with Crippen molar-refractivity contribution in [3.05, 3.63) is 71.3 Å². The van der Waals surface area contributed by atoms with Crippen LogP contribution in [0.3, 0.4) is 0 Å². The fourth-order valence-electron chi connectivity index (χ4n) is 2.69. The van der Waals surface area contributed by atoms with Crippen molar-refractivity contribution in [1.82, 2.24) is 5.32 Å². The van der Waals surface area contributed by atoms with Crippen molar-refractivity contribution in [2.75, 3.05) is 0 Å². The Morgan fingerprint density at radius 3 is 2.40 bits per heavy atom. The van der Waals surface area contributed by atoms with Crippen molar-refractivity contribution in [2.45, 2.75) is 31.3 Å². The molecule has 1 nitrogen and oxygen atoms in total. The van der Waals surface area contributed by atoms with Gasteiger partial charge in [-0.25, -0.2) is 8.78 Å². The summed E-state index contributed by atoms with van der Waals surface area (Å²) in [4.78, 5) is 0. The summed E-state index contributed by atoms with van der Waals surface area (Å²) >= 11 is 0. The van der Waals surface area contributed by atoms with E-state index in [1.54, 1.807) is 6.07 Å². The molecule has 3 heteroatoms. The average Bonchev–Trinajstić information content (AvgIpc) is 2.42. The van der Waals surface area contributed by atoms with E-state index in [0.717, 1.165) is 18.4 Å². The van der Waals surface area contributed by atoms with Gasteiger partial charge in [-0.1, -0.05) is 36.4 Å². The second-order valence-corrected chi connectivity index (χ2v) is 5.41. The van der Waals surface area contributed by atoms with Gasteiger partial charge in [-0.15, -0.1) is 0 Å². The van der Waals surface area contributed by atoms with Gasteiger partial charge < -0.3 is 5.32 Å². The van der Waals surface area contributed by atoms with Crippen molar-refractivity contribution in [3.8, 4) is 0 Å². The van der Waals surface area contributed by atoms with Crippen LogP contribution in [-0.2, 0) is 6.54 Å². The molecule has 1 N–H and O–H groups in total. The maximum atomic E-state index is 13.1. The maximum absolute atomic E-state index is 13.1. The van der Waals surface area contributed by atoms with Crippen LogP contribution in [0.25, 0.3) is 0 Å². The Hall–Kier alpha value is -1.74. The maximum Gasteiger partial charge on any atom is 0.159 e. The Labute approximate surface area is 117 Å². The van der Waals surface area contributed by atoms with Crippen molar-refractivity contribution in [1.29, 1.82) is 0 Å². The summed E-state index contributed by atoms with van der Waals surface area (Å²) in [6.45, 7) is 0.587. The van der Waals surface area contributed by atoms with Gasteiger partial charge >= 0.3 is 0 Å². The highest BCUT2D eigenvalue weighted by Crippen LogP contribution is 2.36. The fraction of sp³-hybridized carbons (Fsp3) is 0.294. The minimum atomic E-state index is -0.790. The Balaban J connectivity index is 1.48. The van der Waals surface area contributed by atoms with Gasteiger partial charge in [0.05, 0.1) is 0 Å². The summed E-state index contributed by atoms with van der Waals surface area (Å²) in [6.07, 6.45) is 2.21. The lowest BCUT2D eigenvalue weighted by molar-refractivity contribution is 0.289. The van der Waals surface area contributed by atoms with E-state index in [1.165, 1.54) is 17.7 Å². The topological polar surface area (TPSA) is 12.0 Å². The molecule has 1 saturated carbocycles. The molecule has 0 atom stereocenters. The zero-order valence-electron chi connectivity index (χ0n) is 11.2. The number of rotatable bonds is 4. The second kappa shape index (κ2) is 5.71. The third-order valence-electron chi connectivity index (χ3n) is 3.99. The first-order valence-corrected chi connectivity index (χ1v) is 6.94. The Morgan fingerprint density at radius 1 is 0.950 bits per heavy atom. The average molecular weight is 273 g/mol. The van der Waals surface area contributed by atoms with E-state index in [0.29, 0.717) is 18.5 Å². The number of hydrogen-bond donors (Lipinski definition) is 1. The second-order valence-electron chi connectivity index (χ2n) is 5.41. The molecule has 0 radical (unpaired) electrons. The van der Waals surface area contributed by atoms with Crippen molar-refractivity contribution in [2.24, 2.45) is 0 Å². The molecule has 0 aliphatic heterocycles. The summed E-state index contributed by atoms with van der Waals surface area (Å²) < 4.78 is 25.9. The first kappa shape index (κ1) is 13.3. The van der Waals surface area contributed by atoms with E-state index in [2.05, 4.69) is 29.6 Å². The number of benzene rings is 2. The van der Waals surface area contributed by atoms with Crippen molar-refractivity contribution >= 4 is 0 Å². The van der Waals surface area contributed by atoms with Gasteiger partial charge in [0, 0.05) is 12.6 Å². The molecule has 0 unspecified atom stereocenters. The quantitative estimate of drug-likeness (QED) is 0.887. The molecule has 0 saturated heterocycles. The number of hydrogen-bond acceptors (Lipinski definition) is 1. The molecule has 20 heavy (non-hydrogen) atoms. The molecule has 1 aliphatic carbocycles. The predicted octanol–water partition coefficient (Wildman–Crippen LogP) is 4.00. The lowest BCUT2D eigenvalue weighted by atomic mass is 9.76. The van der Waals surface area contributed by atoms with Crippen LogP contribution in [0.15, 0.2) is 48.5 Å². The summed E-state index contributed by atoms with van der Waals surface area (Å²) in [5, 5.41) is 3.39. The molecule has 0 heterocycles. The SMILES string of the molecule is Fc1ccc(CNC2CC(c3ccccc3)C2)cc1F. The van der Waals surface area contributed by atoms with Gasteiger partial charge in [0.1, 0.15) is 0 Å². The van der Waals surface area contributed by atoms with Crippen LogP contribution in [-0.4, -0.2) is 6.04 Å². The van der Waals surface area contributed by atoms with Crippen LogP contribution < -0.4 is 5.32 Å². The zero-order valence-corrected chi connectivity index (χ0v) is 11.2. The Kier molecular flexibility index (Phi) is 3.79. The highest BCUT2D eigenvalue weighted by Gasteiger charge is 2.29. The standard InChI is InChI=1S/C17H17F2N/c18-16-7-6-12(8-17(16)19)11-20-15-9-14(10-15)13-4-2-1-3-5-13/h1-8,14-15,20H,9-11H2. The van der Waals surface area contributed by atoms with E-state index in [9.17, 15) is 8.78 Å². The highest BCUT2D eigenvalue weighted by molar-refractivity contribution is 5.23.